The Morgan fingerprint density at radius 3 is 2.88 bits per heavy atom. The second-order valence-electron chi connectivity index (χ2n) is 4.64. The maximum absolute atomic E-state index is 6.31. The molecule has 1 aliphatic rings. The van der Waals surface area contributed by atoms with Crippen molar-refractivity contribution in [2.75, 3.05) is 18.1 Å². The minimum atomic E-state index is 0.622. The van der Waals surface area contributed by atoms with Crippen molar-refractivity contribution in [1.29, 1.82) is 0 Å². The topological polar surface area (TPSA) is 29.9 Å². The van der Waals surface area contributed by atoms with Gasteiger partial charge in [-0.1, -0.05) is 18.5 Å². The fraction of sp³-hybridized carbons (Fsp3) is 0.750. The summed E-state index contributed by atoms with van der Waals surface area (Å²) < 4.78 is 1.93. The first kappa shape index (κ1) is 13.2. The second-order valence-corrected chi connectivity index (χ2v) is 6.09. The fourth-order valence-electron chi connectivity index (χ4n) is 2.44. The largest absolute Gasteiger partial charge is 0.313 e. The van der Waals surface area contributed by atoms with Gasteiger partial charge in [-0.3, -0.25) is 4.68 Å². The van der Waals surface area contributed by atoms with E-state index in [1.54, 1.807) is 0 Å². The van der Waals surface area contributed by atoms with E-state index in [0.717, 1.165) is 23.7 Å². The molecule has 0 saturated carbocycles. The molecule has 96 valence electrons. The van der Waals surface area contributed by atoms with Crippen LogP contribution in [0.1, 0.15) is 18.3 Å². The van der Waals surface area contributed by atoms with Crippen LogP contribution in [0.15, 0.2) is 0 Å². The highest BCUT2D eigenvalue weighted by Crippen LogP contribution is 2.30. The van der Waals surface area contributed by atoms with Gasteiger partial charge in [-0.15, -0.1) is 0 Å². The van der Waals surface area contributed by atoms with Crippen molar-refractivity contribution < 1.29 is 0 Å². The molecule has 5 heteroatoms. The van der Waals surface area contributed by atoms with Gasteiger partial charge in [0.1, 0.15) is 0 Å². The highest BCUT2D eigenvalue weighted by Gasteiger charge is 2.29. The highest BCUT2D eigenvalue weighted by atomic mass is 35.5. The lowest BCUT2D eigenvalue weighted by Crippen LogP contribution is -2.36. The normalized spacial score (nSPS) is 24.5. The van der Waals surface area contributed by atoms with E-state index in [1.807, 2.05) is 30.4 Å². The number of aryl methyl sites for hydroxylation is 2. The Hall–Kier alpha value is -0.190. The van der Waals surface area contributed by atoms with Crippen molar-refractivity contribution >= 4 is 23.4 Å². The van der Waals surface area contributed by atoms with Gasteiger partial charge in [-0.05, 0) is 31.6 Å². The Labute approximate surface area is 112 Å². The first-order chi connectivity index (χ1) is 8.13. The summed E-state index contributed by atoms with van der Waals surface area (Å²) in [6.45, 7) is 5.18. The van der Waals surface area contributed by atoms with E-state index in [9.17, 15) is 0 Å². The minimum absolute atomic E-state index is 0.622. The first-order valence-corrected chi connectivity index (χ1v) is 7.65. The molecule has 2 atom stereocenters. The number of hydrogen-bond donors (Lipinski definition) is 1. The van der Waals surface area contributed by atoms with Gasteiger partial charge < -0.3 is 5.32 Å². The van der Waals surface area contributed by atoms with Crippen molar-refractivity contribution in [3.63, 3.8) is 0 Å². The zero-order chi connectivity index (χ0) is 12.4. The number of nitrogens with one attached hydrogen (secondary N) is 1. The molecule has 1 N–H and O–H groups in total. The van der Waals surface area contributed by atoms with Gasteiger partial charge in [0.05, 0.1) is 16.4 Å². The molecule has 1 aromatic heterocycles. The lowest BCUT2D eigenvalue weighted by atomic mass is 9.97. The van der Waals surface area contributed by atoms with E-state index in [0.29, 0.717) is 12.0 Å². The van der Waals surface area contributed by atoms with E-state index in [2.05, 4.69) is 17.3 Å². The standard InChI is InChI=1S/C12H20ClN3S/c1-4-14-10-7-17-6-9(10)5-11-12(13)8(2)15-16(11)3/h9-10,14H,4-7H2,1-3H3. The van der Waals surface area contributed by atoms with Crippen molar-refractivity contribution in [3.05, 3.63) is 16.4 Å². The van der Waals surface area contributed by atoms with Crippen LogP contribution in [0.5, 0.6) is 0 Å². The molecule has 0 spiro atoms. The Balaban J connectivity index is 2.09. The summed E-state index contributed by atoms with van der Waals surface area (Å²) in [5, 5.41) is 8.80. The highest BCUT2D eigenvalue weighted by molar-refractivity contribution is 7.99. The van der Waals surface area contributed by atoms with E-state index >= 15 is 0 Å². The Kier molecular flexibility index (Phi) is 4.39. The minimum Gasteiger partial charge on any atom is -0.313 e. The summed E-state index contributed by atoms with van der Waals surface area (Å²) in [4.78, 5) is 0. The van der Waals surface area contributed by atoms with Gasteiger partial charge in [0, 0.05) is 18.8 Å². The number of halogens is 1. The summed E-state index contributed by atoms with van der Waals surface area (Å²) in [6.07, 6.45) is 1.03. The molecule has 17 heavy (non-hydrogen) atoms. The average Bonchev–Trinajstić information content (AvgIpc) is 2.81. The summed E-state index contributed by atoms with van der Waals surface area (Å²) in [5.41, 5.74) is 2.12. The number of hydrogen-bond acceptors (Lipinski definition) is 3. The lowest BCUT2D eigenvalue weighted by molar-refractivity contribution is 0.425. The maximum atomic E-state index is 6.31. The van der Waals surface area contributed by atoms with Crippen LogP contribution in [-0.2, 0) is 13.5 Å². The van der Waals surface area contributed by atoms with E-state index in [1.165, 1.54) is 17.2 Å². The van der Waals surface area contributed by atoms with Gasteiger partial charge in [0.25, 0.3) is 0 Å². The van der Waals surface area contributed by atoms with Crippen LogP contribution in [0.2, 0.25) is 5.02 Å². The molecule has 3 nitrogen and oxygen atoms in total. The summed E-state index contributed by atoms with van der Waals surface area (Å²) in [6, 6.07) is 0.622. The first-order valence-electron chi connectivity index (χ1n) is 6.12. The third-order valence-electron chi connectivity index (χ3n) is 3.38. The smallest absolute Gasteiger partial charge is 0.0847 e. The molecular weight excluding hydrogens is 254 g/mol. The fourth-order valence-corrected chi connectivity index (χ4v) is 4.11. The molecular formula is C12H20ClN3S. The number of thioether (sulfide) groups is 1. The van der Waals surface area contributed by atoms with Crippen LogP contribution in [0.4, 0.5) is 0 Å². The summed E-state index contributed by atoms with van der Waals surface area (Å²) in [7, 11) is 1.98. The quantitative estimate of drug-likeness (QED) is 0.913. The van der Waals surface area contributed by atoms with Crippen molar-refractivity contribution in [2.45, 2.75) is 26.3 Å². The summed E-state index contributed by atoms with van der Waals surface area (Å²) in [5.74, 6) is 3.11. The third-order valence-corrected chi connectivity index (χ3v) is 5.13. The third kappa shape index (κ3) is 2.80. The van der Waals surface area contributed by atoms with Crippen molar-refractivity contribution in [1.82, 2.24) is 15.1 Å². The molecule has 0 amide bonds. The van der Waals surface area contributed by atoms with Gasteiger partial charge in [-0.2, -0.15) is 16.9 Å². The van der Waals surface area contributed by atoms with E-state index in [4.69, 9.17) is 11.6 Å². The van der Waals surface area contributed by atoms with E-state index < -0.39 is 0 Å². The molecule has 2 unspecified atom stereocenters. The van der Waals surface area contributed by atoms with Gasteiger partial charge in [0.15, 0.2) is 0 Å². The lowest BCUT2D eigenvalue weighted by Gasteiger charge is -2.19. The number of aromatic nitrogens is 2. The van der Waals surface area contributed by atoms with Crippen molar-refractivity contribution in [2.24, 2.45) is 13.0 Å². The van der Waals surface area contributed by atoms with Gasteiger partial charge in [0.2, 0.25) is 0 Å². The van der Waals surface area contributed by atoms with Crippen LogP contribution in [0.25, 0.3) is 0 Å². The van der Waals surface area contributed by atoms with Crippen LogP contribution < -0.4 is 5.32 Å². The zero-order valence-corrected chi connectivity index (χ0v) is 12.2. The zero-order valence-electron chi connectivity index (χ0n) is 10.7. The molecule has 0 bridgehead atoms. The van der Waals surface area contributed by atoms with Crippen LogP contribution >= 0.6 is 23.4 Å². The average molecular weight is 274 g/mol. The van der Waals surface area contributed by atoms with E-state index in [-0.39, 0.29) is 0 Å². The van der Waals surface area contributed by atoms with Gasteiger partial charge >= 0.3 is 0 Å². The predicted molar refractivity (Wildman–Crippen MR) is 74.9 cm³/mol. The van der Waals surface area contributed by atoms with Crippen LogP contribution in [0.3, 0.4) is 0 Å². The SMILES string of the molecule is CCNC1CSCC1Cc1c(Cl)c(C)nn1C. The van der Waals surface area contributed by atoms with Gasteiger partial charge in [-0.25, -0.2) is 0 Å². The molecule has 1 saturated heterocycles. The predicted octanol–water partition coefficient (Wildman–Crippen LogP) is 2.27. The Morgan fingerprint density at radius 1 is 1.53 bits per heavy atom. The Morgan fingerprint density at radius 2 is 2.29 bits per heavy atom. The number of rotatable bonds is 4. The summed E-state index contributed by atoms with van der Waals surface area (Å²) >= 11 is 8.34. The molecule has 1 fully saturated rings. The molecule has 0 radical (unpaired) electrons. The molecule has 1 aromatic rings. The molecule has 1 aliphatic heterocycles. The molecule has 2 rings (SSSR count). The van der Waals surface area contributed by atoms with Crippen molar-refractivity contribution in [3.8, 4) is 0 Å². The molecule has 2 heterocycles. The maximum Gasteiger partial charge on any atom is 0.0847 e. The molecule has 0 aliphatic carbocycles. The Bertz CT molecular complexity index is 391. The monoisotopic (exact) mass is 273 g/mol. The second kappa shape index (κ2) is 5.63. The molecule has 0 aromatic carbocycles. The number of nitrogens with zero attached hydrogens (tertiary/aromatic N) is 2. The van der Waals surface area contributed by atoms with Crippen LogP contribution in [0, 0.1) is 12.8 Å². The van der Waals surface area contributed by atoms with Crippen LogP contribution in [-0.4, -0.2) is 33.9 Å².